The Kier molecular flexibility index (Phi) is 29.1. The van der Waals surface area contributed by atoms with Gasteiger partial charge in [-0.25, -0.2) is 0 Å². The first kappa shape index (κ1) is 53.6. The second kappa shape index (κ2) is 31.5. The van der Waals surface area contributed by atoms with E-state index in [1.165, 1.54) is 0 Å². The van der Waals surface area contributed by atoms with Crippen molar-refractivity contribution in [1.82, 2.24) is 20.9 Å². The number of amides is 3. The molecule has 1 aliphatic rings. The largest absolute Gasteiger partial charge is 0.800 e. The topological polar surface area (TPSA) is 186 Å². The van der Waals surface area contributed by atoms with Gasteiger partial charge in [-0.1, -0.05) is 64.3 Å². The number of ketones is 1. The molecule has 0 radical (unpaired) electrons. The third-order valence-electron chi connectivity index (χ3n) is 9.43. The van der Waals surface area contributed by atoms with Crippen molar-refractivity contribution < 1.29 is 52.3 Å². The number of rotatable bonds is 32. The van der Waals surface area contributed by atoms with Crippen LogP contribution in [-0.4, -0.2) is 139 Å². The van der Waals surface area contributed by atoms with Crippen molar-refractivity contribution in [1.29, 1.82) is 0 Å². The Balaban J connectivity index is 0.0000168. The van der Waals surface area contributed by atoms with Crippen molar-refractivity contribution in [2.75, 3.05) is 93.3 Å². The number of Topliss-reactive ketones (excluding diaryl/α,β-unsaturated/α-hetero) is 1. The first-order valence-electron chi connectivity index (χ1n) is 20.3. The zero-order valence-corrected chi connectivity index (χ0v) is 36.5. The maximum atomic E-state index is 13.8. The molecule has 1 aliphatic carbocycles. The Bertz CT molecular complexity index is 1320. The number of hydrogen-bond donors (Lipinski definition) is 3. The molecular weight excluding hydrogens is 788 g/mol. The van der Waals surface area contributed by atoms with Crippen LogP contribution < -0.4 is 20.8 Å². The smallest absolute Gasteiger partial charge is 0.237 e. The standard InChI is InChI=1S/C40H69N4O11PS.CH4/c1-6-19-52-22-18-42-40(48)37(44(29-35(45)8-7-20-53-25-23-50-4)30-38(46)41-17-21-54-26-24-51-5)27-32-9-11-33(12-10-32)28-43-39(47)34-13-15-36(16-14-34)55-56(49,57)31(2)3;/h9-12,31,34,36-37H,6-8,13-30H2,1-5H3,(H,41,46)(H,42,48)(H,43,47)(H,49,57);1H4/p-1/t34?,36?,37-,56?;/m0./s1. The van der Waals surface area contributed by atoms with E-state index in [0.29, 0.717) is 91.5 Å². The van der Waals surface area contributed by atoms with Gasteiger partial charge in [0.25, 0.3) is 0 Å². The molecular formula is C41H72N4O11PS-. The predicted molar refractivity (Wildman–Crippen MR) is 227 cm³/mol. The van der Waals surface area contributed by atoms with Crippen LogP contribution in [-0.2, 0) is 72.2 Å². The van der Waals surface area contributed by atoms with Crippen molar-refractivity contribution >= 4 is 41.8 Å². The molecule has 2 atom stereocenters. The van der Waals surface area contributed by atoms with Gasteiger partial charge in [0.15, 0.2) is 0 Å². The SMILES string of the molecule is C.CCCOCCNC(=O)[C@H](Cc1ccc(CNC(=O)C2CCC(OP([O-])(=S)C(C)C)CC2)cc1)N(CC(=O)CCCOCCOC)CC(=O)NCCOCCOC. The van der Waals surface area contributed by atoms with E-state index < -0.39 is 12.5 Å². The van der Waals surface area contributed by atoms with Gasteiger partial charge in [0.1, 0.15) is 5.78 Å². The Labute approximate surface area is 352 Å². The lowest BCUT2D eigenvalue weighted by molar-refractivity contribution is -0.189. The van der Waals surface area contributed by atoms with Crippen LogP contribution >= 0.6 is 6.49 Å². The number of methoxy groups -OCH3 is 2. The molecule has 15 nitrogen and oxygen atoms in total. The van der Waals surface area contributed by atoms with Gasteiger partial charge in [0, 0.05) is 59.4 Å². The molecule has 3 N–H and O–H groups in total. The van der Waals surface area contributed by atoms with Gasteiger partial charge in [-0.15, -0.1) is 0 Å². The van der Waals surface area contributed by atoms with Gasteiger partial charge < -0.3 is 49.1 Å². The maximum Gasteiger partial charge on any atom is 0.237 e. The second-order valence-electron chi connectivity index (χ2n) is 14.5. The molecule has 1 fully saturated rings. The number of nitrogens with zero attached hydrogens (tertiary/aromatic N) is 1. The van der Waals surface area contributed by atoms with Crippen molar-refractivity contribution in [3.05, 3.63) is 35.4 Å². The summed E-state index contributed by atoms with van der Waals surface area (Å²) in [6.07, 6.45) is 4.17. The molecule has 0 heterocycles. The summed E-state index contributed by atoms with van der Waals surface area (Å²) in [7, 11) is 3.17. The number of nitrogens with one attached hydrogen (secondary N) is 3. The van der Waals surface area contributed by atoms with Crippen LogP contribution in [0.3, 0.4) is 0 Å². The Hall–Kier alpha value is -2.37. The molecule has 1 aromatic rings. The van der Waals surface area contributed by atoms with Crippen LogP contribution in [0.1, 0.15) is 84.3 Å². The van der Waals surface area contributed by atoms with E-state index in [2.05, 4.69) is 16.0 Å². The minimum Gasteiger partial charge on any atom is -0.800 e. The third-order valence-corrected chi connectivity index (χ3v) is 12.8. The molecule has 0 bridgehead atoms. The molecule has 1 aromatic carbocycles. The maximum absolute atomic E-state index is 13.8. The Morgan fingerprint density at radius 3 is 2.00 bits per heavy atom. The van der Waals surface area contributed by atoms with Crippen LogP contribution in [0, 0.1) is 5.92 Å². The highest BCUT2D eigenvalue weighted by atomic mass is 32.5. The fourth-order valence-electron chi connectivity index (χ4n) is 6.05. The second-order valence-corrected chi connectivity index (χ2v) is 18.3. The van der Waals surface area contributed by atoms with E-state index in [1.54, 1.807) is 33.0 Å². The fourth-order valence-corrected chi connectivity index (χ4v) is 7.29. The summed E-state index contributed by atoms with van der Waals surface area (Å²) >= 11 is 5.18. The summed E-state index contributed by atoms with van der Waals surface area (Å²) in [6.45, 7) is 6.43. The van der Waals surface area contributed by atoms with E-state index in [4.69, 9.17) is 40.0 Å². The molecule has 3 amide bonds. The number of ether oxygens (including phenoxy) is 5. The summed E-state index contributed by atoms with van der Waals surface area (Å²) in [6, 6.07) is 6.74. The van der Waals surface area contributed by atoms with Crippen LogP contribution in [0.25, 0.3) is 0 Å². The van der Waals surface area contributed by atoms with Gasteiger partial charge in [0.2, 0.25) is 17.7 Å². The minimum absolute atomic E-state index is 0. The average molecular weight is 860 g/mol. The molecule has 0 aromatic heterocycles. The van der Waals surface area contributed by atoms with E-state index in [9.17, 15) is 24.1 Å². The Morgan fingerprint density at radius 2 is 1.40 bits per heavy atom. The molecule has 1 saturated carbocycles. The lowest BCUT2D eigenvalue weighted by Crippen LogP contribution is -2.53. The van der Waals surface area contributed by atoms with Crippen LogP contribution in [0.2, 0.25) is 0 Å². The van der Waals surface area contributed by atoms with Crippen LogP contribution in [0.15, 0.2) is 24.3 Å². The molecule has 334 valence electrons. The molecule has 58 heavy (non-hydrogen) atoms. The highest BCUT2D eigenvalue weighted by Gasteiger charge is 2.30. The van der Waals surface area contributed by atoms with Gasteiger partial charge in [-0.05, 0) is 68.2 Å². The summed E-state index contributed by atoms with van der Waals surface area (Å²) in [5.74, 6) is -0.972. The van der Waals surface area contributed by atoms with Gasteiger partial charge in [-0.3, -0.25) is 24.1 Å². The molecule has 1 unspecified atom stereocenters. The predicted octanol–water partition coefficient (Wildman–Crippen LogP) is 3.14. The van der Waals surface area contributed by atoms with Gasteiger partial charge in [0.05, 0.1) is 64.9 Å². The highest BCUT2D eigenvalue weighted by Crippen LogP contribution is 2.46. The normalized spacial score (nSPS) is 17.0. The zero-order chi connectivity index (χ0) is 41.9. The number of benzene rings is 1. The van der Waals surface area contributed by atoms with E-state index in [1.807, 2.05) is 31.2 Å². The number of carbonyl (C=O) groups is 4. The fraction of sp³-hybridized carbons (Fsp3) is 0.756. The third kappa shape index (κ3) is 22.8. The van der Waals surface area contributed by atoms with Crippen molar-refractivity contribution in [3.8, 4) is 0 Å². The first-order chi connectivity index (χ1) is 27.4. The van der Waals surface area contributed by atoms with Gasteiger partial charge >= 0.3 is 0 Å². The summed E-state index contributed by atoms with van der Waals surface area (Å²) < 4.78 is 32.3. The minimum atomic E-state index is -3.09. The zero-order valence-electron chi connectivity index (χ0n) is 34.8. The lowest BCUT2D eigenvalue weighted by Gasteiger charge is -2.38. The quantitative estimate of drug-likeness (QED) is 0.0710. The highest BCUT2D eigenvalue weighted by molar-refractivity contribution is 8.09. The Morgan fingerprint density at radius 1 is 0.810 bits per heavy atom. The van der Waals surface area contributed by atoms with E-state index >= 15 is 0 Å². The number of carbonyl (C=O) groups excluding carboxylic acids is 4. The molecule has 17 heteroatoms. The molecule has 0 saturated heterocycles. The van der Waals surface area contributed by atoms with Crippen molar-refractivity contribution in [3.63, 3.8) is 0 Å². The summed E-state index contributed by atoms with van der Waals surface area (Å²) in [5.41, 5.74) is 1.49. The van der Waals surface area contributed by atoms with E-state index in [-0.39, 0.29) is 87.6 Å². The van der Waals surface area contributed by atoms with Crippen molar-refractivity contribution in [2.45, 2.75) is 104 Å². The molecule has 2 rings (SSSR count). The molecule has 0 aliphatic heterocycles. The monoisotopic (exact) mass is 859 g/mol. The van der Waals surface area contributed by atoms with Crippen LogP contribution in [0.4, 0.5) is 0 Å². The van der Waals surface area contributed by atoms with Gasteiger partial charge in [-0.2, -0.15) is 0 Å². The van der Waals surface area contributed by atoms with Crippen molar-refractivity contribution in [2.24, 2.45) is 5.92 Å². The van der Waals surface area contributed by atoms with Crippen LogP contribution in [0.5, 0.6) is 0 Å². The van der Waals surface area contributed by atoms with E-state index in [0.717, 1.165) is 17.5 Å². The molecule has 0 spiro atoms. The summed E-state index contributed by atoms with van der Waals surface area (Å²) in [4.78, 5) is 67.5. The summed E-state index contributed by atoms with van der Waals surface area (Å²) in [5, 5.41) is 8.81. The lowest BCUT2D eigenvalue weighted by atomic mass is 9.87. The average Bonchev–Trinajstić information content (AvgIpc) is 3.18. The first-order valence-corrected chi connectivity index (χ1v) is 23.0. The number of hydrogen-bond acceptors (Lipinski definition) is 13.